The summed E-state index contributed by atoms with van der Waals surface area (Å²) in [7, 11) is 0. The standard InChI is InChI=1S/C13H15N3/c14-8-12-11(10-4-2-1-3-5-10)9-16(15)13(12)6-7-13/h1-5,11-12H,6-7,9,15H2. The summed E-state index contributed by atoms with van der Waals surface area (Å²) in [6, 6.07) is 12.7. The van der Waals surface area contributed by atoms with Crippen LogP contribution < -0.4 is 5.84 Å². The van der Waals surface area contributed by atoms with Gasteiger partial charge in [0.15, 0.2) is 0 Å². The summed E-state index contributed by atoms with van der Waals surface area (Å²) < 4.78 is 0. The zero-order valence-corrected chi connectivity index (χ0v) is 9.13. The van der Waals surface area contributed by atoms with E-state index in [0.717, 1.165) is 19.4 Å². The molecule has 2 aliphatic rings. The molecule has 0 aromatic heterocycles. The molecule has 82 valence electrons. The van der Waals surface area contributed by atoms with Crippen LogP contribution in [0.1, 0.15) is 24.3 Å². The molecule has 3 rings (SSSR count). The Morgan fingerprint density at radius 2 is 2.00 bits per heavy atom. The molecule has 1 saturated carbocycles. The van der Waals surface area contributed by atoms with Gasteiger partial charge in [0.05, 0.1) is 17.5 Å². The monoisotopic (exact) mass is 213 g/mol. The van der Waals surface area contributed by atoms with Crippen molar-refractivity contribution in [3.8, 4) is 6.07 Å². The average Bonchev–Trinajstić information content (AvgIpc) is 3.05. The molecule has 0 amide bonds. The van der Waals surface area contributed by atoms with Crippen molar-refractivity contribution in [3.05, 3.63) is 35.9 Å². The van der Waals surface area contributed by atoms with Gasteiger partial charge in [0, 0.05) is 12.5 Å². The molecule has 1 spiro atoms. The van der Waals surface area contributed by atoms with Crippen LogP contribution in [-0.4, -0.2) is 17.1 Å². The van der Waals surface area contributed by atoms with Crippen molar-refractivity contribution in [2.24, 2.45) is 11.8 Å². The van der Waals surface area contributed by atoms with Gasteiger partial charge in [-0.25, -0.2) is 5.01 Å². The van der Waals surface area contributed by atoms with Gasteiger partial charge in [-0.3, -0.25) is 5.84 Å². The Bertz CT molecular complexity index is 430. The zero-order valence-electron chi connectivity index (χ0n) is 9.13. The summed E-state index contributed by atoms with van der Waals surface area (Å²) in [4.78, 5) is 0. The van der Waals surface area contributed by atoms with Crippen LogP contribution in [0.2, 0.25) is 0 Å². The van der Waals surface area contributed by atoms with E-state index in [1.807, 2.05) is 23.2 Å². The van der Waals surface area contributed by atoms with Crippen LogP contribution in [0.5, 0.6) is 0 Å². The Labute approximate surface area is 95.4 Å². The molecule has 2 unspecified atom stereocenters. The van der Waals surface area contributed by atoms with Gasteiger partial charge in [0.1, 0.15) is 0 Å². The van der Waals surface area contributed by atoms with Crippen molar-refractivity contribution >= 4 is 0 Å². The molecule has 1 aliphatic carbocycles. The van der Waals surface area contributed by atoms with Crippen molar-refractivity contribution in [2.45, 2.75) is 24.3 Å². The molecule has 1 heterocycles. The predicted molar refractivity (Wildman–Crippen MR) is 61.1 cm³/mol. The van der Waals surface area contributed by atoms with Crippen LogP contribution >= 0.6 is 0 Å². The van der Waals surface area contributed by atoms with E-state index in [9.17, 15) is 5.26 Å². The van der Waals surface area contributed by atoms with E-state index in [2.05, 4.69) is 18.2 Å². The van der Waals surface area contributed by atoms with Crippen LogP contribution in [-0.2, 0) is 0 Å². The van der Waals surface area contributed by atoms with E-state index in [1.54, 1.807) is 0 Å². The van der Waals surface area contributed by atoms with Crippen molar-refractivity contribution in [1.82, 2.24) is 5.01 Å². The molecule has 0 bridgehead atoms. The maximum atomic E-state index is 9.36. The first-order valence-corrected chi connectivity index (χ1v) is 5.75. The molecule has 3 nitrogen and oxygen atoms in total. The van der Waals surface area contributed by atoms with Crippen molar-refractivity contribution in [2.75, 3.05) is 6.54 Å². The zero-order chi connectivity index (χ0) is 11.2. The second kappa shape index (κ2) is 3.31. The Balaban J connectivity index is 1.96. The third-order valence-corrected chi connectivity index (χ3v) is 4.08. The second-order valence-corrected chi connectivity index (χ2v) is 4.88. The van der Waals surface area contributed by atoms with Gasteiger partial charge in [0.25, 0.3) is 0 Å². The largest absolute Gasteiger partial charge is 0.268 e. The molecule has 1 aliphatic heterocycles. The Morgan fingerprint density at radius 3 is 2.56 bits per heavy atom. The number of hydrogen-bond donors (Lipinski definition) is 1. The maximum absolute atomic E-state index is 9.36. The fourth-order valence-corrected chi connectivity index (χ4v) is 2.99. The summed E-state index contributed by atoms with van der Waals surface area (Å²) >= 11 is 0. The van der Waals surface area contributed by atoms with E-state index < -0.39 is 0 Å². The van der Waals surface area contributed by atoms with Crippen molar-refractivity contribution in [1.29, 1.82) is 5.26 Å². The van der Waals surface area contributed by atoms with E-state index in [-0.39, 0.29) is 17.4 Å². The molecule has 1 aromatic carbocycles. The lowest BCUT2D eigenvalue weighted by molar-refractivity contribution is 0.226. The number of hydrogen-bond acceptors (Lipinski definition) is 3. The predicted octanol–water partition coefficient (Wildman–Crippen LogP) is 1.63. The lowest BCUT2D eigenvalue weighted by atomic mass is 9.85. The topological polar surface area (TPSA) is 53.0 Å². The Hall–Kier alpha value is -1.37. The molecular weight excluding hydrogens is 198 g/mol. The normalized spacial score (nSPS) is 31.5. The number of rotatable bonds is 1. The molecular formula is C13H15N3. The number of nitrogens with zero attached hydrogens (tertiary/aromatic N) is 2. The van der Waals surface area contributed by atoms with E-state index in [1.165, 1.54) is 5.56 Å². The van der Waals surface area contributed by atoms with Crippen LogP contribution in [0.3, 0.4) is 0 Å². The first kappa shape index (κ1) is 9.83. The lowest BCUT2D eigenvalue weighted by Crippen LogP contribution is -2.40. The van der Waals surface area contributed by atoms with Gasteiger partial charge in [-0.05, 0) is 18.4 Å². The third-order valence-electron chi connectivity index (χ3n) is 4.08. The minimum Gasteiger partial charge on any atom is -0.268 e. The van der Waals surface area contributed by atoms with Gasteiger partial charge in [-0.2, -0.15) is 5.26 Å². The van der Waals surface area contributed by atoms with Gasteiger partial charge in [-0.15, -0.1) is 0 Å². The summed E-state index contributed by atoms with van der Waals surface area (Å²) in [6.07, 6.45) is 2.15. The first-order chi connectivity index (χ1) is 7.78. The van der Waals surface area contributed by atoms with Gasteiger partial charge >= 0.3 is 0 Å². The summed E-state index contributed by atoms with van der Waals surface area (Å²) in [5.74, 6) is 6.38. The summed E-state index contributed by atoms with van der Waals surface area (Å²) in [5, 5.41) is 11.3. The Kier molecular flexibility index (Phi) is 2.03. The Morgan fingerprint density at radius 1 is 1.31 bits per heavy atom. The lowest BCUT2D eigenvalue weighted by Gasteiger charge is -2.19. The highest BCUT2D eigenvalue weighted by Gasteiger charge is 2.61. The maximum Gasteiger partial charge on any atom is 0.0742 e. The smallest absolute Gasteiger partial charge is 0.0742 e. The molecule has 16 heavy (non-hydrogen) atoms. The van der Waals surface area contributed by atoms with Gasteiger partial charge < -0.3 is 0 Å². The average molecular weight is 213 g/mol. The molecule has 2 atom stereocenters. The van der Waals surface area contributed by atoms with E-state index in [4.69, 9.17) is 5.84 Å². The molecule has 3 heteroatoms. The summed E-state index contributed by atoms with van der Waals surface area (Å²) in [5.41, 5.74) is 1.24. The van der Waals surface area contributed by atoms with Crippen LogP contribution in [0.15, 0.2) is 30.3 Å². The highest BCUT2D eigenvalue weighted by atomic mass is 15.5. The minimum atomic E-state index is -0.00470. The number of hydrazine groups is 1. The van der Waals surface area contributed by atoms with Gasteiger partial charge in [-0.1, -0.05) is 30.3 Å². The quantitative estimate of drug-likeness (QED) is 0.721. The van der Waals surface area contributed by atoms with Crippen molar-refractivity contribution < 1.29 is 0 Å². The molecule has 1 aromatic rings. The number of nitrogens with two attached hydrogens (primary N) is 1. The fourth-order valence-electron chi connectivity index (χ4n) is 2.99. The van der Waals surface area contributed by atoms with E-state index >= 15 is 0 Å². The van der Waals surface area contributed by atoms with Crippen LogP contribution in [0, 0.1) is 17.2 Å². The third kappa shape index (κ3) is 1.21. The molecule has 2 fully saturated rings. The van der Waals surface area contributed by atoms with E-state index in [0.29, 0.717) is 0 Å². The summed E-state index contributed by atoms with van der Waals surface area (Å²) in [6.45, 7) is 0.808. The number of benzene rings is 1. The molecule has 2 N–H and O–H groups in total. The highest BCUT2D eigenvalue weighted by molar-refractivity contribution is 5.31. The molecule has 1 saturated heterocycles. The van der Waals surface area contributed by atoms with Crippen LogP contribution in [0.4, 0.5) is 0 Å². The molecule has 0 radical (unpaired) electrons. The SMILES string of the molecule is N#CC1C(c2ccccc2)CN(N)C12CC2. The van der Waals surface area contributed by atoms with Gasteiger partial charge in [0.2, 0.25) is 0 Å². The number of nitriles is 1. The second-order valence-electron chi connectivity index (χ2n) is 4.88. The fraction of sp³-hybridized carbons (Fsp3) is 0.462. The first-order valence-electron chi connectivity index (χ1n) is 5.75. The van der Waals surface area contributed by atoms with Crippen molar-refractivity contribution in [3.63, 3.8) is 0 Å². The van der Waals surface area contributed by atoms with Crippen LogP contribution in [0.25, 0.3) is 0 Å². The minimum absolute atomic E-state index is 0.00470. The highest BCUT2D eigenvalue weighted by Crippen LogP contribution is 2.56.